The number of Topliss-reactive ketones (excluding diaryl/α,β-unsaturated/α-hetero) is 2. The van der Waals surface area contributed by atoms with Gasteiger partial charge < -0.3 is 21.7 Å². The highest BCUT2D eigenvalue weighted by Crippen LogP contribution is 2.18. The minimum absolute atomic E-state index is 0.111. The van der Waals surface area contributed by atoms with Gasteiger partial charge >= 0.3 is 6.03 Å². The molecule has 190 valence electrons. The third-order valence-electron chi connectivity index (χ3n) is 5.36. The van der Waals surface area contributed by atoms with E-state index in [4.69, 9.17) is 5.73 Å². The molecule has 0 aromatic rings. The number of urea groups is 1. The van der Waals surface area contributed by atoms with E-state index < -0.39 is 24.0 Å². The first-order chi connectivity index (χ1) is 15.2. The molecule has 5 N–H and O–H groups in total. The Bertz CT molecular complexity index is 683. The van der Waals surface area contributed by atoms with E-state index >= 15 is 0 Å². The van der Waals surface area contributed by atoms with Crippen LogP contribution in [0.25, 0.3) is 0 Å². The number of nitrogens with two attached hydrogens (primary N) is 1. The number of primary amides is 1. The van der Waals surface area contributed by atoms with Gasteiger partial charge in [-0.05, 0) is 31.6 Å². The maximum absolute atomic E-state index is 12.9. The molecule has 9 heteroatoms. The summed E-state index contributed by atoms with van der Waals surface area (Å²) in [5, 5.41) is 8.02. The second kappa shape index (κ2) is 14.6. The molecule has 0 aliphatic heterocycles. The van der Waals surface area contributed by atoms with E-state index in [0.717, 1.165) is 0 Å². The number of amides is 4. The molecule has 0 spiro atoms. The summed E-state index contributed by atoms with van der Waals surface area (Å²) >= 11 is 0. The minimum atomic E-state index is -0.778. The van der Waals surface area contributed by atoms with Crippen molar-refractivity contribution in [2.75, 3.05) is 6.54 Å². The molecule has 0 aromatic heterocycles. The van der Waals surface area contributed by atoms with E-state index in [1.807, 2.05) is 34.6 Å². The van der Waals surface area contributed by atoms with E-state index in [1.165, 1.54) is 0 Å². The molecule has 0 aliphatic carbocycles. The molecule has 0 aromatic carbocycles. The molecule has 0 bridgehead atoms. The first kappa shape index (κ1) is 30.6. The molecule has 4 amide bonds. The van der Waals surface area contributed by atoms with Crippen molar-refractivity contribution in [1.29, 1.82) is 0 Å². The van der Waals surface area contributed by atoms with Crippen LogP contribution >= 0.6 is 0 Å². The predicted octanol–water partition coefficient (Wildman–Crippen LogP) is 2.46. The highest BCUT2D eigenvalue weighted by molar-refractivity contribution is 5.93. The van der Waals surface area contributed by atoms with Crippen molar-refractivity contribution in [3.8, 4) is 0 Å². The fourth-order valence-electron chi connectivity index (χ4n) is 3.19. The van der Waals surface area contributed by atoms with Crippen LogP contribution in [-0.2, 0) is 19.2 Å². The summed E-state index contributed by atoms with van der Waals surface area (Å²) in [5.74, 6) is -1.08. The van der Waals surface area contributed by atoms with Gasteiger partial charge in [-0.3, -0.25) is 19.2 Å². The maximum Gasteiger partial charge on any atom is 0.312 e. The Hall–Kier alpha value is -2.45. The highest BCUT2D eigenvalue weighted by Gasteiger charge is 2.29. The highest BCUT2D eigenvalue weighted by atomic mass is 16.2. The van der Waals surface area contributed by atoms with Gasteiger partial charge in [0.1, 0.15) is 11.8 Å². The standard InChI is InChI=1S/C24H44N4O5/c1-15(2)20(28-19(30)13-9-8-12-18(29)24(5,6)7)22(32)27-17(21(31)16(3)4)11-10-14-26-23(25)33/h15-17,20H,8-14H2,1-7H3,(H,27,32)(H,28,30)(H3,25,26,33)/t17-,20-/m0/s1. The normalized spacial score (nSPS) is 13.4. The Balaban J connectivity index is 4.87. The van der Waals surface area contributed by atoms with Crippen molar-refractivity contribution in [3.63, 3.8) is 0 Å². The molecular formula is C24H44N4O5. The molecule has 0 aliphatic rings. The summed E-state index contributed by atoms with van der Waals surface area (Å²) in [6, 6.07) is -2.13. The van der Waals surface area contributed by atoms with Gasteiger partial charge in [-0.2, -0.15) is 0 Å². The van der Waals surface area contributed by atoms with Gasteiger partial charge in [-0.25, -0.2) is 4.79 Å². The zero-order valence-electron chi connectivity index (χ0n) is 21.4. The van der Waals surface area contributed by atoms with E-state index in [0.29, 0.717) is 38.6 Å². The van der Waals surface area contributed by atoms with Gasteiger partial charge in [0.15, 0.2) is 5.78 Å². The zero-order valence-corrected chi connectivity index (χ0v) is 21.4. The summed E-state index contributed by atoms with van der Waals surface area (Å²) < 4.78 is 0. The third kappa shape index (κ3) is 13.0. The van der Waals surface area contributed by atoms with Crippen LogP contribution in [0.15, 0.2) is 0 Å². The quantitative estimate of drug-likeness (QED) is 0.273. The minimum Gasteiger partial charge on any atom is -0.352 e. The Morgan fingerprint density at radius 3 is 1.91 bits per heavy atom. The summed E-state index contributed by atoms with van der Waals surface area (Å²) in [4.78, 5) is 60.7. The Morgan fingerprint density at radius 2 is 1.42 bits per heavy atom. The van der Waals surface area contributed by atoms with Crippen LogP contribution < -0.4 is 21.7 Å². The Labute approximate surface area is 198 Å². The number of rotatable bonds is 15. The van der Waals surface area contributed by atoms with Crippen LogP contribution in [0.2, 0.25) is 0 Å². The van der Waals surface area contributed by atoms with Crippen LogP contribution in [0.1, 0.15) is 87.0 Å². The second-order valence-corrected chi connectivity index (χ2v) is 10.2. The zero-order chi connectivity index (χ0) is 25.8. The molecule has 0 radical (unpaired) electrons. The second-order valence-electron chi connectivity index (χ2n) is 10.2. The molecule has 9 nitrogen and oxygen atoms in total. The van der Waals surface area contributed by atoms with Crippen molar-refractivity contribution in [2.24, 2.45) is 23.0 Å². The average molecular weight is 469 g/mol. The smallest absolute Gasteiger partial charge is 0.312 e. The first-order valence-electron chi connectivity index (χ1n) is 11.9. The van der Waals surface area contributed by atoms with Crippen LogP contribution in [0, 0.1) is 17.3 Å². The molecule has 0 rings (SSSR count). The number of unbranched alkanes of at least 4 members (excludes halogenated alkanes) is 1. The van der Waals surface area contributed by atoms with Gasteiger partial charge in [-0.1, -0.05) is 48.5 Å². The third-order valence-corrected chi connectivity index (χ3v) is 5.36. The molecule has 0 fully saturated rings. The van der Waals surface area contributed by atoms with Crippen molar-refractivity contribution < 1.29 is 24.0 Å². The van der Waals surface area contributed by atoms with Crippen molar-refractivity contribution in [2.45, 2.75) is 99.1 Å². The molecule has 0 heterocycles. The number of hydrogen-bond acceptors (Lipinski definition) is 5. The molecule has 2 atom stereocenters. The lowest BCUT2D eigenvalue weighted by Gasteiger charge is -2.26. The number of ketones is 2. The molecule has 0 saturated carbocycles. The maximum atomic E-state index is 12.9. The average Bonchev–Trinajstić information content (AvgIpc) is 2.69. The van der Waals surface area contributed by atoms with E-state index in [2.05, 4.69) is 16.0 Å². The molecule has 0 unspecified atom stereocenters. The van der Waals surface area contributed by atoms with Crippen molar-refractivity contribution >= 4 is 29.4 Å². The summed E-state index contributed by atoms with van der Waals surface area (Å²) in [6.07, 6.45) is 2.64. The molecule has 0 saturated heterocycles. The van der Waals surface area contributed by atoms with Crippen molar-refractivity contribution in [3.05, 3.63) is 0 Å². The molecule has 33 heavy (non-hydrogen) atoms. The predicted molar refractivity (Wildman–Crippen MR) is 128 cm³/mol. The SMILES string of the molecule is CC(C)C(=O)[C@H](CCCNC(N)=O)NC(=O)[C@@H](NC(=O)CCCCC(=O)C(C)(C)C)C(C)C. The fourth-order valence-corrected chi connectivity index (χ4v) is 3.19. The molecular weight excluding hydrogens is 424 g/mol. The number of nitrogens with one attached hydrogen (secondary N) is 3. The van der Waals surface area contributed by atoms with Gasteiger partial charge in [0.25, 0.3) is 0 Å². The van der Waals surface area contributed by atoms with Crippen LogP contribution in [0.5, 0.6) is 0 Å². The van der Waals surface area contributed by atoms with Gasteiger partial charge in [0.2, 0.25) is 11.8 Å². The van der Waals surface area contributed by atoms with Crippen LogP contribution in [0.4, 0.5) is 4.79 Å². The Morgan fingerprint density at radius 1 is 0.848 bits per heavy atom. The number of carbonyl (C=O) groups is 5. The summed E-state index contributed by atoms with van der Waals surface area (Å²) in [5.41, 5.74) is 4.67. The Kier molecular flexibility index (Phi) is 13.6. The van der Waals surface area contributed by atoms with Gasteiger partial charge in [0, 0.05) is 30.7 Å². The lowest BCUT2D eigenvalue weighted by molar-refractivity contribution is -0.133. The van der Waals surface area contributed by atoms with Crippen molar-refractivity contribution in [1.82, 2.24) is 16.0 Å². The number of hydrogen-bond donors (Lipinski definition) is 4. The van der Waals surface area contributed by atoms with E-state index in [1.54, 1.807) is 13.8 Å². The topological polar surface area (TPSA) is 147 Å². The van der Waals surface area contributed by atoms with Crippen LogP contribution in [0.3, 0.4) is 0 Å². The fraction of sp³-hybridized carbons (Fsp3) is 0.792. The van der Waals surface area contributed by atoms with Gasteiger partial charge in [0.05, 0.1) is 6.04 Å². The van der Waals surface area contributed by atoms with Gasteiger partial charge in [-0.15, -0.1) is 0 Å². The summed E-state index contributed by atoms with van der Waals surface area (Å²) in [7, 11) is 0. The lowest BCUT2D eigenvalue weighted by atomic mass is 9.88. The largest absolute Gasteiger partial charge is 0.352 e. The lowest BCUT2D eigenvalue weighted by Crippen LogP contribution is -2.54. The van der Waals surface area contributed by atoms with E-state index in [9.17, 15) is 24.0 Å². The first-order valence-corrected chi connectivity index (χ1v) is 11.9. The van der Waals surface area contributed by atoms with Crippen LogP contribution in [-0.4, -0.2) is 48.0 Å². The van der Waals surface area contributed by atoms with E-state index in [-0.39, 0.29) is 41.1 Å². The summed E-state index contributed by atoms with van der Waals surface area (Å²) in [6.45, 7) is 13.1. The number of carbonyl (C=O) groups excluding carboxylic acids is 5. The monoisotopic (exact) mass is 468 g/mol.